The van der Waals surface area contributed by atoms with E-state index in [0.717, 1.165) is 29.8 Å². The van der Waals surface area contributed by atoms with Gasteiger partial charge < -0.3 is 15.4 Å². The van der Waals surface area contributed by atoms with Crippen molar-refractivity contribution in [2.24, 2.45) is 5.92 Å². The smallest absolute Gasteiger partial charge is 0.322 e. The maximum atomic E-state index is 12.7. The van der Waals surface area contributed by atoms with Crippen LogP contribution >= 0.6 is 0 Å². The molecular formula is C22H25N3O3. The number of aryl methyl sites for hydroxylation is 1. The van der Waals surface area contributed by atoms with Gasteiger partial charge in [0.15, 0.2) is 0 Å². The molecule has 3 amide bonds. The summed E-state index contributed by atoms with van der Waals surface area (Å²) < 4.78 is 5.81. The van der Waals surface area contributed by atoms with Gasteiger partial charge in [-0.2, -0.15) is 0 Å². The number of amides is 3. The molecule has 0 bridgehead atoms. The lowest BCUT2D eigenvalue weighted by molar-refractivity contribution is 0.0945. The van der Waals surface area contributed by atoms with Crippen LogP contribution in [-0.2, 0) is 6.42 Å². The number of carbonyl (C=O) groups is 2. The Kier molecular flexibility index (Phi) is 5.19. The van der Waals surface area contributed by atoms with Crippen molar-refractivity contribution in [3.8, 4) is 5.75 Å². The lowest BCUT2D eigenvalue weighted by Crippen LogP contribution is -2.31. The number of benzene rings is 2. The molecule has 2 N–H and O–H groups in total. The molecule has 2 heterocycles. The Labute approximate surface area is 164 Å². The minimum atomic E-state index is -0.113. The second kappa shape index (κ2) is 7.92. The minimum Gasteiger partial charge on any atom is -0.493 e. The van der Waals surface area contributed by atoms with Gasteiger partial charge in [-0.1, -0.05) is 24.3 Å². The number of hydrogen-bond acceptors (Lipinski definition) is 3. The number of hydrogen-bond donors (Lipinski definition) is 2. The molecule has 4 rings (SSSR count). The average molecular weight is 379 g/mol. The molecule has 0 radical (unpaired) electrons. The highest BCUT2D eigenvalue weighted by molar-refractivity contribution is 5.99. The number of para-hydroxylation sites is 1. The molecule has 2 aliphatic rings. The largest absolute Gasteiger partial charge is 0.493 e. The van der Waals surface area contributed by atoms with Gasteiger partial charge in [-0.15, -0.1) is 0 Å². The fourth-order valence-corrected chi connectivity index (χ4v) is 3.82. The van der Waals surface area contributed by atoms with Crippen LogP contribution in [0, 0.1) is 12.8 Å². The summed E-state index contributed by atoms with van der Waals surface area (Å²) in [5.74, 6) is 1.17. The zero-order valence-corrected chi connectivity index (χ0v) is 16.0. The predicted molar refractivity (Wildman–Crippen MR) is 108 cm³/mol. The number of anilines is 1. The Balaban J connectivity index is 1.42. The van der Waals surface area contributed by atoms with E-state index in [1.54, 1.807) is 11.0 Å². The Morgan fingerprint density at radius 3 is 2.96 bits per heavy atom. The molecule has 2 aliphatic heterocycles. The minimum absolute atomic E-state index is 0.112. The maximum Gasteiger partial charge on any atom is 0.322 e. The van der Waals surface area contributed by atoms with Gasteiger partial charge in [0.1, 0.15) is 5.75 Å². The second-order valence-corrected chi connectivity index (χ2v) is 7.41. The van der Waals surface area contributed by atoms with Crippen molar-refractivity contribution in [3.63, 3.8) is 0 Å². The molecule has 0 aromatic heterocycles. The van der Waals surface area contributed by atoms with Crippen LogP contribution in [0.15, 0.2) is 42.5 Å². The van der Waals surface area contributed by atoms with Crippen molar-refractivity contribution < 1.29 is 14.3 Å². The van der Waals surface area contributed by atoms with Crippen molar-refractivity contribution in [3.05, 3.63) is 59.2 Å². The van der Waals surface area contributed by atoms with Crippen molar-refractivity contribution in [1.82, 2.24) is 10.6 Å². The van der Waals surface area contributed by atoms with Crippen molar-refractivity contribution >= 4 is 17.6 Å². The summed E-state index contributed by atoms with van der Waals surface area (Å²) in [7, 11) is 0. The Morgan fingerprint density at radius 1 is 1.29 bits per heavy atom. The number of urea groups is 1. The fourth-order valence-electron chi connectivity index (χ4n) is 3.82. The zero-order valence-electron chi connectivity index (χ0n) is 16.0. The van der Waals surface area contributed by atoms with Gasteiger partial charge in [-0.25, -0.2) is 4.79 Å². The third-order valence-electron chi connectivity index (χ3n) is 5.44. The number of fused-ring (bicyclic) bond motifs is 1. The Bertz CT molecular complexity index is 896. The first-order valence-corrected chi connectivity index (χ1v) is 9.77. The number of rotatable bonds is 4. The normalized spacial score (nSPS) is 18.7. The SMILES string of the molecule is Cc1ccc(C(=O)NC[C@H]2CCOc3ccccc3C2)cc1N1CCNC1=O. The summed E-state index contributed by atoms with van der Waals surface area (Å²) in [5.41, 5.74) is 3.54. The lowest BCUT2D eigenvalue weighted by atomic mass is 9.96. The van der Waals surface area contributed by atoms with E-state index in [1.165, 1.54) is 5.56 Å². The topological polar surface area (TPSA) is 70.7 Å². The van der Waals surface area contributed by atoms with Gasteiger partial charge in [0.25, 0.3) is 5.91 Å². The van der Waals surface area contributed by atoms with E-state index in [9.17, 15) is 9.59 Å². The first-order valence-electron chi connectivity index (χ1n) is 9.77. The third-order valence-corrected chi connectivity index (χ3v) is 5.44. The highest BCUT2D eigenvalue weighted by Crippen LogP contribution is 2.27. The molecule has 28 heavy (non-hydrogen) atoms. The highest BCUT2D eigenvalue weighted by Gasteiger charge is 2.24. The van der Waals surface area contributed by atoms with Crippen LogP contribution in [0.25, 0.3) is 0 Å². The van der Waals surface area contributed by atoms with Gasteiger partial charge in [0, 0.05) is 30.9 Å². The molecule has 1 saturated heterocycles. The summed E-state index contributed by atoms with van der Waals surface area (Å²) in [6, 6.07) is 13.5. The number of nitrogens with zero attached hydrogens (tertiary/aromatic N) is 1. The molecule has 1 atom stereocenters. The molecular weight excluding hydrogens is 354 g/mol. The number of nitrogens with one attached hydrogen (secondary N) is 2. The van der Waals surface area contributed by atoms with Gasteiger partial charge >= 0.3 is 6.03 Å². The molecule has 2 aromatic rings. The van der Waals surface area contributed by atoms with Crippen molar-refractivity contribution in [2.75, 3.05) is 31.1 Å². The van der Waals surface area contributed by atoms with E-state index < -0.39 is 0 Å². The van der Waals surface area contributed by atoms with Crippen LogP contribution in [-0.4, -0.2) is 38.2 Å². The first kappa shape index (κ1) is 18.3. The monoisotopic (exact) mass is 379 g/mol. The van der Waals surface area contributed by atoms with Gasteiger partial charge in [0.2, 0.25) is 0 Å². The van der Waals surface area contributed by atoms with Crippen molar-refractivity contribution in [1.29, 1.82) is 0 Å². The molecule has 0 aliphatic carbocycles. The molecule has 2 aromatic carbocycles. The summed E-state index contributed by atoms with van der Waals surface area (Å²) in [6.45, 7) is 4.46. The van der Waals surface area contributed by atoms with E-state index in [-0.39, 0.29) is 11.9 Å². The first-order chi connectivity index (χ1) is 13.6. The summed E-state index contributed by atoms with van der Waals surface area (Å²) >= 11 is 0. The molecule has 0 saturated carbocycles. The Hall–Kier alpha value is -3.02. The van der Waals surface area contributed by atoms with E-state index in [4.69, 9.17) is 4.74 Å². The van der Waals surface area contributed by atoms with E-state index in [1.807, 2.05) is 37.3 Å². The molecule has 0 spiro atoms. The van der Waals surface area contributed by atoms with Crippen LogP contribution < -0.4 is 20.3 Å². The van der Waals surface area contributed by atoms with E-state index in [2.05, 4.69) is 16.7 Å². The molecule has 0 unspecified atom stereocenters. The number of ether oxygens (including phenoxy) is 1. The second-order valence-electron chi connectivity index (χ2n) is 7.41. The van der Waals surface area contributed by atoms with Crippen LogP contribution in [0.3, 0.4) is 0 Å². The summed E-state index contributed by atoms with van der Waals surface area (Å²) in [6.07, 6.45) is 1.80. The van der Waals surface area contributed by atoms with E-state index in [0.29, 0.717) is 37.7 Å². The van der Waals surface area contributed by atoms with E-state index >= 15 is 0 Å². The number of carbonyl (C=O) groups excluding carboxylic acids is 2. The van der Waals surface area contributed by atoms with Gasteiger partial charge in [-0.3, -0.25) is 9.69 Å². The predicted octanol–water partition coefficient (Wildman–Crippen LogP) is 2.90. The van der Waals surface area contributed by atoms with Crippen molar-refractivity contribution in [2.45, 2.75) is 19.8 Å². The summed E-state index contributed by atoms with van der Waals surface area (Å²) in [5, 5.41) is 5.86. The van der Waals surface area contributed by atoms with Crippen LogP contribution in [0.5, 0.6) is 5.75 Å². The lowest BCUT2D eigenvalue weighted by Gasteiger charge is -2.19. The van der Waals surface area contributed by atoms with Gasteiger partial charge in [-0.05, 0) is 55.0 Å². The van der Waals surface area contributed by atoms with Crippen LogP contribution in [0.1, 0.15) is 27.9 Å². The average Bonchev–Trinajstić information content (AvgIpc) is 3.01. The Morgan fingerprint density at radius 2 is 2.14 bits per heavy atom. The molecule has 1 fully saturated rings. The van der Waals surface area contributed by atoms with Crippen LogP contribution in [0.2, 0.25) is 0 Å². The molecule has 6 nitrogen and oxygen atoms in total. The highest BCUT2D eigenvalue weighted by atomic mass is 16.5. The quantitative estimate of drug-likeness (QED) is 0.858. The zero-order chi connectivity index (χ0) is 19.5. The maximum absolute atomic E-state index is 12.7. The molecule has 6 heteroatoms. The van der Waals surface area contributed by atoms with Gasteiger partial charge in [0.05, 0.1) is 6.61 Å². The fraction of sp³-hybridized carbons (Fsp3) is 0.364. The molecule has 146 valence electrons. The summed E-state index contributed by atoms with van der Waals surface area (Å²) in [4.78, 5) is 26.4. The van der Waals surface area contributed by atoms with Crippen LogP contribution in [0.4, 0.5) is 10.5 Å². The third kappa shape index (κ3) is 3.81. The standard InChI is InChI=1S/C22H25N3O3/c1-15-6-7-18(13-19(15)25-10-9-23-22(25)27)21(26)24-14-16-8-11-28-20-5-3-2-4-17(20)12-16/h2-7,13,16H,8-12,14H2,1H3,(H,23,27)(H,24,26)/t16-/m0/s1.